The first kappa shape index (κ1) is 25.5. The van der Waals surface area contributed by atoms with Gasteiger partial charge in [-0.2, -0.15) is 0 Å². The number of para-hydroxylation sites is 1. The van der Waals surface area contributed by atoms with Gasteiger partial charge in [-0.25, -0.2) is 4.98 Å². The van der Waals surface area contributed by atoms with Crippen LogP contribution in [0.15, 0.2) is 170 Å². The van der Waals surface area contributed by atoms with Gasteiger partial charge in [0.05, 0.1) is 36.1 Å². The van der Waals surface area contributed by atoms with Crippen LogP contribution in [0, 0.1) is 11.7 Å². The second-order valence-electron chi connectivity index (χ2n) is 16.2. The zero-order valence-electron chi connectivity index (χ0n) is 45.1. The summed E-state index contributed by atoms with van der Waals surface area (Å²) in [5, 5.41) is 1.98. The van der Waals surface area contributed by atoms with Crippen LogP contribution in [0.5, 0.6) is 11.5 Å². The van der Waals surface area contributed by atoms with E-state index in [1.54, 1.807) is 59.6 Å². The fraction of sp³-hybridized carbons (Fsp3) is 0.170. The van der Waals surface area contributed by atoms with Crippen molar-refractivity contribution in [3.63, 3.8) is 0 Å². The Hall–Kier alpha value is -6.72. The van der Waals surface area contributed by atoms with Crippen molar-refractivity contribution >= 4 is 21.8 Å². The highest BCUT2D eigenvalue weighted by molar-refractivity contribution is 6.09. The van der Waals surface area contributed by atoms with Gasteiger partial charge >= 0.3 is 0 Å². The average molecular weight is 769 g/mol. The molecule has 3 heterocycles. The zero-order chi connectivity index (χ0) is 50.5. The molecule has 0 amide bonds. The number of aromatic nitrogens is 4. The van der Waals surface area contributed by atoms with Gasteiger partial charge in [0.15, 0.2) is 0 Å². The minimum Gasteiger partial charge on any atom is -0.458 e. The minimum atomic E-state index is -1.65. The van der Waals surface area contributed by atoms with E-state index in [1.807, 2.05) is 61.7 Å². The van der Waals surface area contributed by atoms with Crippen LogP contribution in [0.2, 0.25) is 0 Å². The van der Waals surface area contributed by atoms with Crippen LogP contribution in [-0.2, 0) is 11.8 Å². The molecule has 5 nitrogen and oxygen atoms in total. The molecule has 3 aromatic heterocycles. The Kier molecular flexibility index (Phi) is 6.45. The van der Waals surface area contributed by atoms with Crippen molar-refractivity contribution in [2.45, 2.75) is 53.3 Å². The van der Waals surface area contributed by atoms with E-state index in [9.17, 15) is 0 Å². The Bertz CT molecular complexity index is 3460. The maximum atomic E-state index is 9.05. The number of imidazole rings is 1. The van der Waals surface area contributed by atoms with Crippen molar-refractivity contribution in [1.29, 1.82) is 0 Å². The molecule has 0 aliphatic heterocycles. The lowest BCUT2D eigenvalue weighted by atomic mass is 9.86. The second-order valence-corrected chi connectivity index (χ2v) is 16.2. The van der Waals surface area contributed by atoms with E-state index in [0.29, 0.717) is 28.6 Å². The second kappa shape index (κ2) is 14.7. The summed E-state index contributed by atoms with van der Waals surface area (Å²) in [4.78, 5) is 4.78. The summed E-state index contributed by atoms with van der Waals surface area (Å²) in [6.07, 6.45) is 6.55. The van der Waals surface area contributed by atoms with Crippen molar-refractivity contribution in [3.8, 4) is 50.9 Å². The molecule has 0 saturated heterocycles. The van der Waals surface area contributed by atoms with Crippen LogP contribution < -0.4 is 9.30 Å². The van der Waals surface area contributed by atoms with Crippen molar-refractivity contribution in [1.82, 2.24) is 14.1 Å². The van der Waals surface area contributed by atoms with Crippen LogP contribution in [-0.4, -0.2) is 14.1 Å². The quantitative estimate of drug-likeness (QED) is 0.114. The molecule has 0 radical (unpaired) electrons. The maximum absolute atomic E-state index is 9.05. The number of hydrogen-bond acceptors (Lipinski definition) is 2. The molecule has 6 aromatic carbocycles. The highest BCUT2D eigenvalue weighted by Gasteiger charge is 2.21. The van der Waals surface area contributed by atoms with Gasteiger partial charge in [0, 0.05) is 38.2 Å². The van der Waals surface area contributed by atoms with Gasteiger partial charge in [0.2, 0.25) is 0 Å². The molecule has 0 N–H and O–H groups in total. The molecule has 0 atom stereocenters. The number of rotatable bonds is 8. The first-order valence-corrected chi connectivity index (χ1v) is 19.0. The van der Waals surface area contributed by atoms with E-state index in [0.717, 1.165) is 27.4 Å². The van der Waals surface area contributed by atoms with E-state index in [1.165, 1.54) is 4.57 Å². The molecule has 286 valence electrons. The Morgan fingerprint density at radius 2 is 1.40 bits per heavy atom. The van der Waals surface area contributed by atoms with Crippen molar-refractivity contribution in [2.24, 2.45) is 5.41 Å². The average Bonchev–Trinajstić information content (AvgIpc) is 3.94. The number of fused-ring (bicyclic) bond motifs is 3. The molecule has 0 spiro atoms. The van der Waals surface area contributed by atoms with Crippen molar-refractivity contribution in [3.05, 3.63) is 187 Å². The molecule has 5 heteroatoms. The third-order valence-electron chi connectivity index (χ3n) is 9.83. The molecule has 0 fully saturated rings. The summed E-state index contributed by atoms with van der Waals surface area (Å²) in [6, 6.07) is 22.4. The van der Waals surface area contributed by atoms with E-state index < -0.39 is 72.2 Å². The molecule has 58 heavy (non-hydrogen) atoms. The maximum Gasteiger partial charge on any atom is 0.268 e. The predicted octanol–water partition coefficient (Wildman–Crippen LogP) is 13.1. The van der Waals surface area contributed by atoms with Crippen molar-refractivity contribution < 1.29 is 25.8 Å². The number of pyridine rings is 1. The predicted molar refractivity (Wildman–Crippen MR) is 238 cm³/mol. The number of hydrogen-bond donors (Lipinski definition) is 0. The SMILES string of the molecule is [2H]c1c([2H])c([2H])c(-c2cccc(-c3c([2H])c([2H])c([2H])c([2H])c3[2H])c2-[n+]2[c-]n(-c3cccc(Oc4ccc5c6cc(C(C)(C)C)ccc6n(-c6cc(C([2H])([2H])C(C)(C)C)ccn6)c5c4)c3)cc2)c([2H])c1[2H]. The minimum absolute atomic E-state index is 0.117. The third-order valence-corrected chi connectivity index (χ3v) is 9.83. The number of benzene rings is 6. The Morgan fingerprint density at radius 1 is 0.707 bits per heavy atom. The molecular weight excluding hydrogens is 709 g/mol. The van der Waals surface area contributed by atoms with Gasteiger partial charge in [-0.3, -0.25) is 13.7 Å². The van der Waals surface area contributed by atoms with E-state index in [-0.39, 0.29) is 33.4 Å². The van der Waals surface area contributed by atoms with Crippen LogP contribution in [0.3, 0.4) is 0 Å². The van der Waals surface area contributed by atoms with Gasteiger partial charge < -0.3 is 4.74 Å². The summed E-state index contributed by atoms with van der Waals surface area (Å²) in [5.41, 5.74) is 3.37. The standard InChI is InChI=1S/C53H48N4O/c1-52(2,3)35-37-27-28-54-50(31-37)57-48-26-23-40(53(4,5)6)32-47(48)46-25-24-43(34-49(46)57)58-42-20-13-19-41(33-42)55-29-30-56(36-55)51-44(38-15-9-7-10-16-38)21-14-22-45(51)39-17-11-8-12-18-39/h7-34H,35H2,1-6H3/i7D,8D,9D,10D,11D,12D,15D,16D,17D,18D,35D2. The Balaban J connectivity index is 1.16. The number of nitrogens with zero attached hydrogens (tertiary/aromatic N) is 4. The zero-order valence-corrected chi connectivity index (χ0v) is 33.1. The first-order chi connectivity index (χ1) is 32.9. The lowest BCUT2D eigenvalue weighted by Gasteiger charge is -2.19. The van der Waals surface area contributed by atoms with Gasteiger partial charge in [0.1, 0.15) is 17.3 Å². The molecule has 0 bridgehead atoms. The van der Waals surface area contributed by atoms with E-state index in [4.69, 9.17) is 26.2 Å². The topological polar surface area (TPSA) is 35.9 Å². The van der Waals surface area contributed by atoms with Gasteiger partial charge in [-0.05, 0) is 105 Å². The molecule has 9 aromatic rings. The third kappa shape index (κ3) is 7.32. The summed E-state index contributed by atoms with van der Waals surface area (Å²) in [5.74, 6) is 1.56. The monoisotopic (exact) mass is 768 g/mol. The molecule has 9 rings (SSSR count). The Labute approximate surface area is 358 Å². The molecule has 0 aliphatic rings. The summed E-state index contributed by atoms with van der Waals surface area (Å²) < 4.78 is 116. The smallest absolute Gasteiger partial charge is 0.268 e. The summed E-state index contributed by atoms with van der Waals surface area (Å²) >= 11 is 0. The van der Waals surface area contributed by atoms with Gasteiger partial charge in [-0.15, -0.1) is 0 Å². The highest BCUT2D eigenvalue weighted by atomic mass is 16.5. The molecular formula is C53H48N4O. The summed E-state index contributed by atoms with van der Waals surface area (Å²) in [7, 11) is 0. The lowest BCUT2D eigenvalue weighted by Crippen LogP contribution is -2.30. The lowest BCUT2D eigenvalue weighted by molar-refractivity contribution is -0.598. The van der Waals surface area contributed by atoms with E-state index in [2.05, 4.69) is 45.3 Å². The molecule has 0 aliphatic carbocycles. The van der Waals surface area contributed by atoms with Gasteiger partial charge in [-0.1, -0.05) is 132 Å². The van der Waals surface area contributed by atoms with Gasteiger partial charge in [0.25, 0.3) is 6.33 Å². The van der Waals surface area contributed by atoms with E-state index >= 15 is 0 Å². The Morgan fingerprint density at radius 3 is 2.09 bits per heavy atom. The van der Waals surface area contributed by atoms with Crippen LogP contribution >= 0.6 is 0 Å². The van der Waals surface area contributed by atoms with Crippen molar-refractivity contribution in [2.75, 3.05) is 0 Å². The first-order valence-electron chi connectivity index (χ1n) is 25.0. The molecule has 0 saturated carbocycles. The summed E-state index contributed by atoms with van der Waals surface area (Å²) in [6.45, 7) is 12.1. The van der Waals surface area contributed by atoms with Crippen LogP contribution in [0.1, 0.15) is 69.1 Å². The normalized spacial score (nSPS) is 15.2. The fourth-order valence-electron chi connectivity index (χ4n) is 7.22. The van der Waals surface area contributed by atoms with Crippen LogP contribution in [0.4, 0.5) is 0 Å². The number of ether oxygens (including phenoxy) is 1. The van der Waals surface area contributed by atoms with Crippen LogP contribution in [0.25, 0.3) is 61.3 Å². The largest absolute Gasteiger partial charge is 0.458 e. The fourth-order valence-corrected chi connectivity index (χ4v) is 7.22. The molecule has 0 unspecified atom stereocenters. The highest BCUT2D eigenvalue weighted by Crippen LogP contribution is 2.38.